The zero-order valence-corrected chi connectivity index (χ0v) is 13.1. The summed E-state index contributed by atoms with van der Waals surface area (Å²) in [6.45, 7) is 4.00. The molecule has 1 aliphatic rings. The molecule has 2 aromatic rings. The molecule has 7 heteroatoms. The van der Waals surface area contributed by atoms with Crippen molar-refractivity contribution < 1.29 is 14.3 Å². The third-order valence-electron chi connectivity index (χ3n) is 3.71. The van der Waals surface area contributed by atoms with Crippen LogP contribution in [0.25, 0.3) is 5.69 Å². The van der Waals surface area contributed by atoms with Gasteiger partial charge in [0, 0.05) is 51.1 Å². The van der Waals surface area contributed by atoms with Crippen molar-refractivity contribution in [2.75, 3.05) is 31.2 Å². The normalized spacial score (nSPS) is 18.0. The number of pyridine rings is 1. The Morgan fingerprint density at radius 1 is 1.39 bits per heavy atom. The Bertz CT molecular complexity index is 644. The van der Waals surface area contributed by atoms with Gasteiger partial charge in [-0.15, -0.1) is 0 Å². The average Bonchev–Trinajstić information content (AvgIpc) is 3.06. The van der Waals surface area contributed by atoms with Gasteiger partial charge in [0.05, 0.1) is 25.0 Å². The molecule has 1 fully saturated rings. The van der Waals surface area contributed by atoms with Gasteiger partial charge in [0.2, 0.25) is 0 Å². The number of ether oxygens (including phenoxy) is 2. The molecule has 1 unspecified atom stereocenters. The van der Waals surface area contributed by atoms with Crippen molar-refractivity contribution in [2.24, 2.45) is 0 Å². The molecule has 0 radical (unpaired) electrons. The number of anilines is 1. The monoisotopic (exact) mass is 316 g/mol. The van der Waals surface area contributed by atoms with Crippen LogP contribution in [0.4, 0.5) is 5.82 Å². The summed E-state index contributed by atoms with van der Waals surface area (Å²) in [6, 6.07) is 5.82. The van der Waals surface area contributed by atoms with Crippen LogP contribution in [0.3, 0.4) is 0 Å². The number of hydrogen-bond acceptors (Lipinski definition) is 6. The molecule has 0 N–H and O–H groups in total. The fraction of sp³-hybridized carbons (Fsp3) is 0.438. The van der Waals surface area contributed by atoms with E-state index in [1.54, 1.807) is 12.4 Å². The molecule has 1 atom stereocenters. The molecule has 3 rings (SSSR count). The molecule has 0 amide bonds. The zero-order valence-electron chi connectivity index (χ0n) is 13.1. The van der Waals surface area contributed by atoms with Crippen molar-refractivity contribution in [3.05, 3.63) is 36.8 Å². The lowest BCUT2D eigenvalue weighted by Crippen LogP contribution is -2.43. The highest BCUT2D eigenvalue weighted by atomic mass is 16.5. The number of carbonyl (C=O) groups excluding carboxylic acids is 1. The SMILES string of the molecule is CC(=O)OCCC1CN(c2ccn(-c3ccncc3)n2)CCO1. The molecule has 23 heavy (non-hydrogen) atoms. The van der Waals surface area contributed by atoms with E-state index in [1.807, 2.05) is 29.1 Å². The quantitative estimate of drug-likeness (QED) is 0.777. The molecular weight excluding hydrogens is 296 g/mol. The Balaban J connectivity index is 1.61. The molecule has 3 heterocycles. The van der Waals surface area contributed by atoms with Crippen LogP contribution >= 0.6 is 0 Å². The molecule has 0 bridgehead atoms. The van der Waals surface area contributed by atoms with E-state index in [4.69, 9.17) is 9.47 Å². The zero-order chi connectivity index (χ0) is 16.1. The lowest BCUT2D eigenvalue weighted by molar-refractivity contribution is -0.141. The summed E-state index contributed by atoms with van der Waals surface area (Å²) in [5.41, 5.74) is 0.978. The third kappa shape index (κ3) is 4.07. The molecule has 0 saturated carbocycles. The fourth-order valence-corrected chi connectivity index (χ4v) is 2.56. The van der Waals surface area contributed by atoms with Gasteiger partial charge in [-0.1, -0.05) is 0 Å². The lowest BCUT2D eigenvalue weighted by Gasteiger charge is -2.32. The number of esters is 1. The molecule has 7 nitrogen and oxygen atoms in total. The largest absolute Gasteiger partial charge is 0.466 e. The van der Waals surface area contributed by atoms with Gasteiger partial charge < -0.3 is 14.4 Å². The van der Waals surface area contributed by atoms with E-state index in [2.05, 4.69) is 15.0 Å². The molecule has 1 aliphatic heterocycles. The number of morpholine rings is 1. The van der Waals surface area contributed by atoms with E-state index >= 15 is 0 Å². The average molecular weight is 316 g/mol. The van der Waals surface area contributed by atoms with Crippen molar-refractivity contribution in [3.63, 3.8) is 0 Å². The van der Waals surface area contributed by atoms with E-state index in [1.165, 1.54) is 6.92 Å². The van der Waals surface area contributed by atoms with Gasteiger partial charge in [0.15, 0.2) is 5.82 Å². The highest BCUT2D eigenvalue weighted by Crippen LogP contribution is 2.18. The Morgan fingerprint density at radius 3 is 3.00 bits per heavy atom. The minimum atomic E-state index is -0.256. The van der Waals surface area contributed by atoms with Crippen LogP contribution in [-0.4, -0.2) is 53.1 Å². The van der Waals surface area contributed by atoms with Crippen molar-refractivity contribution in [1.29, 1.82) is 0 Å². The summed E-state index contributed by atoms with van der Waals surface area (Å²) in [4.78, 5) is 17.0. The number of carbonyl (C=O) groups is 1. The second-order valence-corrected chi connectivity index (χ2v) is 5.39. The number of rotatable bonds is 5. The number of hydrogen-bond donors (Lipinski definition) is 0. The summed E-state index contributed by atoms with van der Waals surface area (Å²) in [5.74, 6) is 0.663. The maximum absolute atomic E-state index is 10.8. The van der Waals surface area contributed by atoms with Crippen molar-refractivity contribution in [2.45, 2.75) is 19.4 Å². The predicted octanol–water partition coefficient (Wildman–Crippen LogP) is 1.43. The van der Waals surface area contributed by atoms with E-state index < -0.39 is 0 Å². The molecule has 0 aromatic carbocycles. The molecule has 0 aliphatic carbocycles. The topological polar surface area (TPSA) is 69.5 Å². The van der Waals surface area contributed by atoms with E-state index in [0.29, 0.717) is 19.6 Å². The molecule has 1 saturated heterocycles. The Kier molecular flexibility index (Phi) is 4.87. The minimum Gasteiger partial charge on any atom is -0.466 e. The molecule has 122 valence electrons. The highest BCUT2D eigenvalue weighted by Gasteiger charge is 2.22. The van der Waals surface area contributed by atoms with Crippen LogP contribution < -0.4 is 4.90 Å². The van der Waals surface area contributed by atoms with Crippen LogP contribution in [0.2, 0.25) is 0 Å². The van der Waals surface area contributed by atoms with E-state index in [0.717, 1.165) is 24.6 Å². The highest BCUT2D eigenvalue weighted by molar-refractivity contribution is 5.65. The van der Waals surface area contributed by atoms with E-state index in [9.17, 15) is 4.79 Å². The van der Waals surface area contributed by atoms with Gasteiger partial charge in [-0.2, -0.15) is 5.10 Å². The Labute approximate surface area is 134 Å². The first-order valence-electron chi connectivity index (χ1n) is 7.68. The van der Waals surface area contributed by atoms with E-state index in [-0.39, 0.29) is 12.1 Å². The summed E-state index contributed by atoms with van der Waals surface area (Å²) in [7, 11) is 0. The fourth-order valence-electron chi connectivity index (χ4n) is 2.56. The first kappa shape index (κ1) is 15.5. The van der Waals surface area contributed by atoms with Crippen molar-refractivity contribution in [1.82, 2.24) is 14.8 Å². The first-order chi connectivity index (χ1) is 11.2. The smallest absolute Gasteiger partial charge is 0.302 e. The molecule has 0 spiro atoms. The molecule has 2 aromatic heterocycles. The summed E-state index contributed by atoms with van der Waals surface area (Å²) < 4.78 is 12.5. The van der Waals surface area contributed by atoms with Crippen LogP contribution in [0.15, 0.2) is 36.8 Å². The number of nitrogens with zero attached hydrogens (tertiary/aromatic N) is 4. The lowest BCUT2D eigenvalue weighted by atomic mass is 10.2. The summed E-state index contributed by atoms with van der Waals surface area (Å²) in [6.07, 6.45) is 6.18. The van der Waals surface area contributed by atoms with Crippen LogP contribution in [0.5, 0.6) is 0 Å². The van der Waals surface area contributed by atoms with Crippen molar-refractivity contribution >= 4 is 11.8 Å². The van der Waals surface area contributed by atoms with Gasteiger partial charge in [0.1, 0.15) is 0 Å². The van der Waals surface area contributed by atoms with Crippen LogP contribution in [0.1, 0.15) is 13.3 Å². The van der Waals surface area contributed by atoms with Gasteiger partial charge in [0.25, 0.3) is 0 Å². The van der Waals surface area contributed by atoms with Gasteiger partial charge >= 0.3 is 5.97 Å². The van der Waals surface area contributed by atoms with Gasteiger partial charge in [-0.25, -0.2) is 4.68 Å². The van der Waals surface area contributed by atoms with Crippen LogP contribution in [-0.2, 0) is 14.3 Å². The van der Waals surface area contributed by atoms with Crippen molar-refractivity contribution in [3.8, 4) is 5.69 Å². The first-order valence-corrected chi connectivity index (χ1v) is 7.68. The Morgan fingerprint density at radius 2 is 2.22 bits per heavy atom. The summed E-state index contributed by atoms with van der Waals surface area (Å²) in [5, 5.41) is 4.62. The standard InChI is InChI=1S/C16H20N4O3/c1-13(21)22-10-5-15-12-19(9-11-23-15)16-4-8-20(18-16)14-2-6-17-7-3-14/h2-4,6-8,15H,5,9-12H2,1H3. The van der Waals surface area contributed by atoms with Gasteiger partial charge in [-0.3, -0.25) is 9.78 Å². The minimum absolute atomic E-state index is 0.0502. The summed E-state index contributed by atoms with van der Waals surface area (Å²) >= 11 is 0. The predicted molar refractivity (Wildman–Crippen MR) is 84.6 cm³/mol. The Hall–Kier alpha value is -2.41. The third-order valence-corrected chi connectivity index (χ3v) is 3.71. The molecular formula is C16H20N4O3. The maximum Gasteiger partial charge on any atom is 0.302 e. The second-order valence-electron chi connectivity index (χ2n) is 5.39. The maximum atomic E-state index is 10.8. The van der Waals surface area contributed by atoms with Gasteiger partial charge in [-0.05, 0) is 12.1 Å². The van der Waals surface area contributed by atoms with Crippen LogP contribution in [0, 0.1) is 0 Å². The number of aromatic nitrogens is 3. The second kappa shape index (κ2) is 7.23.